The highest BCUT2D eigenvalue weighted by Crippen LogP contribution is 2.16. The Kier molecular flexibility index (Phi) is 4.47. The normalized spacial score (nSPS) is 10.9. The minimum absolute atomic E-state index is 0.812. The molecule has 2 aromatic rings. The lowest BCUT2D eigenvalue weighted by Gasteiger charge is -2.07. The first-order chi connectivity index (χ1) is 8.42. The number of nitrogens with zero attached hydrogens (tertiary/aromatic N) is 1. The molecule has 1 aromatic heterocycles. The van der Waals surface area contributed by atoms with E-state index in [1.165, 1.54) is 16.3 Å². The highest BCUT2D eigenvalue weighted by Gasteiger charge is 1.99. The van der Waals surface area contributed by atoms with Crippen LogP contribution in [0.2, 0.25) is 0 Å². The van der Waals surface area contributed by atoms with Gasteiger partial charge in [-0.1, -0.05) is 18.2 Å². The van der Waals surface area contributed by atoms with E-state index in [1.54, 1.807) is 7.11 Å². The molecule has 1 N–H and O–H groups in total. The van der Waals surface area contributed by atoms with Gasteiger partial charge in [0.2, 0.25) is 0 Å². The van der Waals surface area contributed by atoms with Crippen molar-refractivity contribution in [3.05, 3.63) is 42.2 Å². The molecule has 90 valence electrons. The summed E-state index contributed by atoms with van der Waals surface area (Å²) in [6, 6.07) is 8.40. The molecule has 0 unspecified atom stereocenters. The van der Waals surface area contributed by atoms with E-state index in [2.05, 4.69) is 34.6 Å². The summed E-state index contributed by atoms with van der Waals surface area (Å²) in [4.78, 5) is 4.14. The fourth-order valence-corrected chi connectivity index (χ4v) is 1.91. The van der Waals surface area contributed by atoms with Gasteiger partial charge in [-0.25, -0.2) is 0 Å². The van der Waals surface area contributed by atoms with E-state index in [4.69, 9.17) is 4.74 Å². The van der Waals surface area contributed by atoms with Crippen molar-refractivity contribution in [2.24, 2.45) is 0 Å². The maximum atomic E-state index is 5.02. The van der Waals surface area contributed by atoms with Gasteiger partial charge in [0.1, 0.15) is 0 Å². The molecule has 0 aliphatic heterocycles. The number of aromatic nitrogens is 1. The fraction of sp³-hybridized carbons (Fsp3) is 0.357. The van der Waals surface area contributed by atoms with Crippen LogP contribution in [0.5, 0.6) is 0 Å². The molecular formula is C14H18N2O. The van der Waals surface area contributed by atoms with Gasteiger partial charge in [0.25, 0.3) is 0 Å². The number of hydrogen-bond acceptors (Lipinski definition) is 3. The van der Waals surface area contributed by atoms with Crippen LogP contribution < -0.4 is 5.32 Å². The molecule has 0 saturated heterocycles. The molecule has 3 heteroatoms. The first-order valence-electron chi connectivity index (χ1n) is 5.93. The number of hydrogen-bond donors (Lipinski definition) is 1. The highest BCUT2D eigenvalue weighted by molar-refractivity contribution is 5.84. The molecule has 0 radical (unpaired) electrons. The highest BCUT2D eigenvalue weighted by atomic mass is 16.5. The SMILES string of the molecule is COCCCNCc1cccc2cnccc12. The predicted octanol–water partition coefficient (Wildman–Crippen LogP) is 2.36. The molecule has 0 fully saturated rings. The number of pyridine rings is 1. The van der Waals surface area contributed by atoms with Crippen molar-refractivity contribution in [2.45, 2.75) is 13.0 Å². The summed E-state index contributed by atoms with van der Waals surface area (Å²) < 4.78 is 5.02. The molecule has 1 heterocycles. The van der Waals surface area contributed by atoms with Crippen molar-refractivity contribution in [3.63, 3.8) is 0 Å². The Labute approximate surface area is 102 Å². The Balaban J connectivity index is 1.98. The maximum Gasteiger partial charge on any atom is 0.0474 e. The van der Waals surface area contributed by atoms with Crippen LogP contribution in [0.1, 0.15) is 12.0 Å². The summed E-state index contributed by atoms with van der Waals surface area (Å²) in [5.74, 6) is 0. The molecule has 0 bridgehead atoms. The van der Waals surface area contributed by atoms with Gasteiger partial charge < -0.3 is 10.1 Å². The molecule has 3 nitrogen and oxygen atoms in total. The number of nitrogens with one attached hydrogen (secondary N) is 1. The lowest BCUT2D eigenvalue weighted by Crippen LogP contribution is -2.16. The van der Waals surface area contributed by atoms with Gasteiger partial charge in [-0.15, -0.1) is 0 Å². The van der Waals surface area contributed by atoms with Gasteiger partial charge in [0, 0.05) is 38.0 Å². The van der Waals surface area contributed by atoms with Crippen molar-refractivity contribution in [1.29, 1.82) is 0 Å². The fourth-order valence-electron chi connectivity index (χ4n) is 1.91. The molecule has 0 atom stereocenters. The third-order valence-electron chi connectivity index (χ3n) is 2.79. The van der Waals surface area contributed by atoms with Crippen LogP contribution in [0.4, 0.5) is 0 Å². The van der Waals surface area contributed by atoms with E-state index in [0.29, 0.717) is 0 Å². The summed E-state index contributed by atoms with van der Waals surface area (Å²) in [7, 11) is 1.73. The number of rotatable bonds is 6. The second-order valence-electron chi connectivity index (χ2n) is 4.04. The van der Waals surface area contributed by atoms with Crippen molar-refractivity contribution >= 4 is 10.8 Å². The second-order valence-corrected chi connectivity index (χ2v) is 4.04. The molecule has 0 aliphatic rings. The average Bonchev–Trinajstić information content (AvgIpc) is 2.39. The molecule has 0 saturated carbocycles. The van der Waals surface area contributed by atoms with Crippen molar-refractivity contribution in [3.8, 4) is 0 Å². The predicted molar refractivity (Wildman–Crippen MR) is 69.9 cm³/mol. The standard InChI is InChI=1S/C14H18N2O/c1-17-9-3-7-15-10-12-4-2-5-13-11-16-8-6-14(12)13/h2,4-6,8,11,15H,3,7,9-10H2,1H3. The third-order valence-corrected chi connectivity index (χ3v) is 2.79. The van der Waals surface area contributed by atoms with Crippen LogP contribution >= 0.6 is 0 Å². The summed E-state index contributed by atoms with van der Waals surface area (Å²) in [5, 5.41) is 5.91. The molecule has 0 aliphatic carbocycles. The minimum Gasteiger partial charge on any atom is -0.385 e. The zero-order valence-electron chi connectivity index (χ0n) is 10.1. The summed E-state index contributed by atoms with van der Waals surface area (Å²) >= 11 is 0. The quantitative estimate of drug-likeness (QED) is 0.774. The van der Waals surface area contributed by atoms with Crippen molar-refractivity contribution < 1.29 is 4.74 Å². The van der Waals surface area contributed by atoms with Gasteiger partial charge in [-0.3, -0.25) is 4.98 Å². The molecule has 2 rings (SSSR count). The number of ether oxygens (including phenoxy) is 1. The first-order valence-corrected chi connectivity index (χ1v) is 5.93. The van der Waals surface area contributed by atoms with Crippen LogP contribution in [-0.4, -0.2) is 25.2 Å². The molecule has 17 heavy (non-hydrogen) atoms. The number of benzene rings is 1. The summed E-state index contributed by atoms with van der Waals surface area (Å²) in [6.07, 6.45) is 4.79. The molecule has 0 spiro atoms. The summed E-state index contributed by atoms with van der Waals surface area (Å²) in [6.45, 7) is 2.69. The van der Waals surface area contributed by atoms with E-state index in [-0.39, 0.29) is 0 Å². The average molecular weight is 230 g/mol. The molecule has 0 amide bonds. The van der Waals surface area contributed by atoms with Crippen LogP contribution in [0, 0.1) is 0 Å². The lowest BCUT2D eigenvalue weighted by molar-refractivity contribution is 0.194. The Morgan fingerprint density at radius 2 is 2.24 bits per heavy atom. The Morgan fingerprint density at radius 3 is 3.12 bits per heavy atom. The zero-order chi connectivity index (χ0) is 11.9. The van der Waals surface area contributed by atoms with Crippen LogP contribution in [0.15, 0.2) is 36.7 Å². The van der Waals surface area contributed by atoms with Gasteiger partial charge >= 0.3 is 0 Å². The smallest absolute Gasteiger partial charge is 0.0474 e. The van der Waals surface area contributed by atoms with Gasteiger partial charge in [-0.05, 0) is 30.0 Å². The lowest BCUT2D eigenvalue weighted by atomic mass is 10.1. The third kappa shape index (κ3) is 3.25. The van der Waals surface area contributed by atoms with Crippen molar-refractivity contribution in [2.75, 3.05) is 20.3 Å². The van der Waals surface area contributed by atoms with Crippen LogP contribution in [0.3, 0.4) is 0 Å². The molecular weight excluding hydrogens is 212 g/mol. The van der Waals surface area contributed by atoms with E-state index in [1.807, 2.05) is 12.4 Å². The topological polar surface area (TPSA) is 34.1 Å². The number of fused-ring (bicyclic) bond motifs is 1. The zero-order valence-corrected chi connectivity index (χ0v) is 10.1. The van der Waals surface area contributed by atoms with Crippen molar-refractivity contribution in [1.82, 2.24) is 10.3 Å². The van der Waals surface area contributed by atoms with E-state index in [9.17, 15) is 0 Å². The Morgan fingerprint density at radius 1 is 1.29 bits per heavy atom. The van der Waals surface area contributed by atoms with E-state index >= 15 is 0 Å². The van der Waals surface area contributed by atoms with E-state index in [0.717, 1.165) is 26.1 Å². The van der Waals surface area contributed by atoms with Gasteiger partial charge in [0.05, 0.1) is 0 Å². The Hall–Kier alpha value is -1.45. The largest absolute Gasteiger partial charge is 0.385 e. The van der Waals surface area contributed by atoms with Gasteiger partial charge in [-0.2, -0.15) is 0 Å². The summed E-state index contributed by atoms with van der Waals surface area (Å²) in [5.41, 5.74) is 1.32. The van der Waals surface area contributed by atoms with Crippen LogP contribution in [0.25, 0.3) is 10.8 Å². The molecule has 1 aromatic carbocycles. The second kappa shape index (κ2) is 6.33. The van der Waals surface area contributed by atoms with Gasteiger partial charge in [0.15, 0.2) is 0 Å². The number of methoxy groups -OCH3 is 1. The Bertz CT molecular complexity index is 465. The van der Waals surface area contributed by atoms with Crippen LogP contribution in [-0.2, 0) is 11.3 Å². The monoisotopic (exact) mass is 230 g/mol. The minimum atomic E-state index is 0.812. The van der Waals surface area contributed by atoms with E-state index < -0.39 is 0 Å². The maximum absolute atomic E-state index is 5.02. The first kappa shape index (κ1) is 12.0.